The largest absolute Gasteiger partial charge is 0.173 e. The van der Waals surface area contributed by atoms with Gasteiger partial charge in [-0.3, -0.25) is 0 Å². The topological polar surface area (TPSA) is 0 Å². The normalized spacial score (nSPS) is 11.7. The highest BCUT2D eigenvalue weighted by Gasteiger charge is 2.11. The van der Waals surface area contributed by atoms with Crippen molar-refractivity contribution in [3.63, 3.8) is 0 Å². The molecule has 0 amide bonds. The minimum absolute atomic E-state index is 0.0494. The molecule has 0 aliphatic heterocycles. The Bertz CT molecular complexity index is 246. The number of rotatable bonds is 2. The summed E-state index contributed by atoms with van der Waals surface area (Å²) in [5.74, 6) is 0. The lowest BCUT2D eigenvalue weighted by Crippen LogP contribution is -2.13. The van der Waals surface area contributed by atoms with Crippen LogP contribution in [0.3, 0.4) is 0 Å². The third-order valence-electron chi connectivity index (χ3n) is 1.55. The van der Waals surface area contributed by atoms with Crippen molar-refractivity contribution < 1.29 is 0 Å². The molecule has 66 valence electrons. The van der Waals surface area contributed by atoms with Crippen molar-refractivity contribution in [1.82, 2.24) is 0 Å². The Balaban J connectivity index is 2.71. The van der Waals surface area contributed by atoms with Gasteiger partial charge in [0.15, 0.2) is 0 Å². The van der Waals surface area contributed by atoms with Gasteiger partial charge in [0.1, 0.15) is 0 Å². The van der Waals surface area contributed by atoms with Crippen molar-refractivity contribution in [3.8, 4) is 0 Å². The Kier molecular flexibility index (Phi) is 3.08. The second kappa shape index (κ2) is 3.71. The first-order valence-electron chi connectivity index (χ1n) is 3.94. The molecule has 0 radical (unpaired) electrons. The molecule has 0 unspecified atom stereocenters. The van der Waals surface area contributed by atoms with Crippen LogP contribution in [0.25, 0.3) is 0 Å². The van der Waals surface area contributed by atoms with E-state index in [1.807, 2.05) is 24.3 Å². The molecule has 0 fully saturated rings. The van der Waals surface area contributed by atoms with Crippen LogP contribution in [-0.2, 0) is 6.42 Å². The van der Waals surface area contributed by atoms with Crippen LogP contribution in [-0.4, -0.2) is 4.75 Å². The summed E-state index contributed by atoms with van der Waals surface area (Å²) in [6.45, 7) is 4.20. The molecule has 0 saturated carbocycles. The smallest absolute Gasteiger partial charge is 0.0406 e. The van der Waals surface area contributed by atoms with E-state index in [9.17, 15) is 0 Å². The average Bonchev–Trinajstić information content (AvgIpc) is 1.91. The van der Waals surface area contributed by atoms with Crippen LogP contribution in [0, 0.1) is 0 Å². The molecule has 0 spiro atoms. The van der Waals surface area contributed by atoms with Gasteiger partial charge in [-0.05, 0) is 24.1 Å². The van der Waals surface area contributed by atoms with E-state index in [0.717, 1.165) is 11.4 Å². The Hall–Kier alpha value is -0.140. The van der Waals surface area contributed by atoms with E-state index in [2.05, 4.69) is 26.5 Å². The maximum Gasteiger partial charge on any atom is 0.0406 e. The van der Waals surface area contributed by atoms with Crippen LogP contribution in [0.5, 0.6) is 0 Å². The van der Waals surface area contributed by atoms with E-state index in [0.29, 0.717) is 0 Å². The zero-order chi connectivity index (χ0) is 9.19. The van der Waals surface area contributed by atoms with Gasteiger partial charge in [0.25, 0.3) is 0 Å². The van der Waals surface area contributed by atoms with Gasteiger partial charge >= 0.3 is 0 Å². The lowest BCUT2D eigenvalue weighted by Gasteiger charge is -2.16. The minimum Gasteiger partial charge on any atom is -0.173 e. The van der Waals surface area contributed by atoms with E-state index >= 15 is 0 Å². The maximum absolute atomic E-state index is 5.76. The molecule has 0 N–H and O–H groups in total. The Morgan fingerprint density at radius 1 is 1.25 bits per heavy atom. The Morgan fingerprint density at radius 2 is 1.75 bits per heavy atom. The molecule has 2 heteroatoms. The van der Waals surface area contributed by atoms with Crippen LogP contribution in [0.15, 0.2) is 24.3 Å². The van der Waals surface area contributed by atoms with Crippen molar-refractivity contribution in [2.24, 2.45) is 0 Å². The summed E-state index contributed by atoms with van der Waals surface area (Å²) in [5.41, 5.74) is 1.28. The predicted octanol–water partition coefficient (Wildman–Crippen LogP) is 3.59. The van der Waals surface area contributed by atoms with Gasteiger partial charge < -0.3 is 0 Å². The van der Waals surface area contributed by atoms with E-state index in [1.54, 1.807) is 0 Å². The van der Waals surface area contributed by atoms with Gasteiger partial charge in [0.05, 0.1) is 0 Å². The minimum atomic E-state index is 0.0494. The summed E-state index contributed by atoms with van der Waals surface area (Å²) in [6, 6.07) is 7.91. The van der Waals surface area contributed by atoms with Gasteiger partial charge in [-0.15, -0.1) is 0 Å². The molecule has 0 heterocycles. The van der Waals surface area contributed by atoms with Crippen molar-refractivity contribution in [2.45, 2.75) is 25.0 Å². The highest BCUT2D eigenvalue weighted by atomic mass is 35.5. The third kappa shape index (κ3) is 3.51. The van der Waals surface area contributed by atoms with Crippen molar-refractivity contribution in [2.75, 3.05) is 0 Å². The van der Waals surface area contributed by atoms with Crippen LogP contribution in [0.4, 0.5) is 0 Å². The standard InChI is InChI=1S/C10H13ClS/c1-10(2,12)7-8-3-5-9(11)6-4-8/h3-6,12H,7H2,1-2H3. The highest BCUT2D eigenvalue weighted by molar-refractivity contribution is 7.81. The lowest BCUT2D eigenvalue weighted by molar-refractivity contribution is 0.715. The Labute approximate surface area is 84.3 Å². The summed E-state index contributed by atoms with van der Waals surface area (Å²) in [7, 11) is 0. The quantitative estimate of drug-likeness (QED) is 0.694. The average molecular weight is 201 g/mol. The molecule has 0 bridgehead atoms. The van der Waals surface area contributed by atoms with E-state index in [-0.39, 0.29) is 4.75 Å². The van der Waals surface area contributed by atoms with Gasteiger partial charge in [-0.25, -0.2) is 0 Å². The second-order valence-corrected chi connectivity index (χ2v) is 5.26. The fourth-order valence-electron chi connectivity index (χ4n) is 1.10. The zero-order valence-corrected chi connectivity index (χ0v) is 8.99. The lowest BCUT2D eigenvalue weighted by atomic mass is 10.0. The molecule has 1 aromatic carbocycles. The fraction of sp³-hybridized carbons (Fsp3) is 0.400. The van der Waals surface area contributed by atoms with Crippen LogP contribution >= 0.6 is 24.2 Å². The summed E-state index contributed by atoms with van der Waals surface area (Å²) in [4.78, 5) is 0. The van der Waals surface area contributed by atoms with Gasteiger partial charge in [-0.2, -0.15) is 12.6 Å². The van der Waals surface area contributed by atoms with Gasteiger partial charge in [-0.1, -0.05) is 37.6 Å². The highest BCUT2D eigenvalue weighted by Crippen LogP contribution is 2.20. The van der Waals surface area contributed by atoms with Gasteiger partial charge in [0.2, 0.25) is 0 Å². The maximum atomic E-state index is 5.76. The molecule has 0 aliphatic carbocycles. The summed E-state index contributed by atoms with van der Waals surface area (Å²) in [6.07, 6.45) is 0.966. The monoisotopic (exact) mass is 200 g/mol. The molecular weight excluding hydrogens is 188 g/mol. The summed E-state index contributed by atoms with van der Waals surface area (Å²) >= 11 is 10.2. The van der Waals surface area contributed by atoms with Crippen molar-refractivity contribution in [3.05, 3.63) is 34.9 Å². The Morgan fingerprint density at radius 3 is 2.17 bits per heavy atom. The number of halogens is 1. The van der Waals surface area contributed by atoms with Crippen LogP contribution < -0.4 is 0 Å². The number of thiol groups is 1. The van der Waals surface area contributed by atoms with Gasteiger partial charge in [0, 0.05) is 9.77 Å². The molecule has 0 nitrogen and oxygen atoms in total. The molecule has 0 aromatic heterocycles. The molecule has 12 heavy (non-hydrogen) atoms. The molecule has 0 atom stereocenters. The van der Waals surface area contributed by atoms with Crippen molar-refractivity contribution in [1.29, 1.82) is 0 Å². The molecule has 1 aromatic rings. The first-order valence-corrected chi connectivity index (χ1v) is 4.77. The van der Waals surface area contributed by atoms with E-state index < -0.39 is 0 Å². The first kappa shape index (κ1) is 9.94. The summed E-state index contributed by atoms with van der Waals surface area (Å²) in [5, 5.41) is 0.788. The van der Waals surface area contributed by atoms with Crippen molar-refractivity contribution >= 4 is 24.2 Å². The second-order valence-electron chi connectivity index (χ2n) is 3.62. The van der Waals surface area contributed by atoms with E-state index in [4.69, 9.17) is 11.6 Å². The molecule has 0 aliphatic rings. The van der Waals surface area contributed by atoms with E-state index in [1.165, 1.54) is 5.56 Å². The third-order valence-corrected chi connectivity index (χ3v) is 1.96. The molecule has 0 saturated heterocycles. The zero-order valence-electron chi connectivity index (χ0n) is 7.34. The number of benzene rings is 1. The predicted molar refractivity (Wildman–Crippen MR) is 58.2 cm³/mol. The van der Waals surface area contributed by atoms with Crippen LogP contribution in [0.1, 0.15) is 19.4 Å². The molecule has 1 rings (SSSR count). The first-order chi connectivity index (χ1) is 5.47. The number of hydrogen-bond acceptors (Lipinski definition) is 1. The fourth-order valence-corrected chi connectivity index (χ4v) is 1.41. The molecular formula is C10H13ClS. The van der Waals surface area contributed by atoms with Crippen LogP contribution in [0.2, 0.25) is 5.02 Å². The number of hydrogen-bond donors (Lipinski definition) is 1. The summed E-state index contributed by atoms with van der Waals surface area (Å²) < 4.78 is 0.0494. The SMILES string of the molecule is CC(C)(S)Cc1ccc(Cl)cc1.